The standard InChI is InChI=1S/C25H24ClN5O2/c26-22-6-4-5-20(17-22)18-28-31(25(33)21-9-11-27-12-10-21)19-24(32)30-15-13-29(14-16-30)23-7-2-1-3-8-23/h1-12,17-18H,13-16,19H2/b28-18+. The first-order valence-corrected chi connectivity index (χ1v) is 11.1. The maximum absolute atomic E-state index is 13.1. The number of piperazine rings is 1. The molecule has 8 heteroatoms. The van der Waals surface area contributed by atoms with Gasteiger partial charge in [0, 0.05) is 54.8 Å². The van der Waals surface area contributed by atoms with E-state index in [0.717, 1.165) is 24.3 Å². The average Bonchev–Trinajstić information content (AvgIpc) is 2.87. The van der Waals surface area contributed by atoms with Gasteiger partial charge in [0.15, 0.2) is 0 Å². The number of aromatic nitrogens is 1. The summed E-state index contributed by atoms with van der Waals surface area (Å²) in [6.07, 6.45) is 4.61. The van der Waals surface area contributed by atoms with Crippen molar-refractivity contribution >= 4 is 35.3 Å². The summed E-state index contributed by atoms with van der Waals surface area (Å²) in [5.41, 5.74) is 2.29. The molecule has 3 aromatic rings. The zero-order valence-corrected chi connectivity index (χ0v) is 18.8. The molecule has 1 aromatic heterocycles. The predicted molar refractivity (Wildman–Crippen MR) is 130 cm³/mol. The highest BCUT2D eigenvalue weighted by Crippen LogP contribution is 2.16. The molecule has 33 heavy (non-hydrogen) atoms. The number of hydrogen-bond acceptors (Lipinski definition) is 5. The van der Waals surface area contributed by atoms with E-state index in [4.69, 9.17) is 11.6 Å². The van der Waals surface area contributed by atoms with Crippen molar-refractivity contribution in [2.75, 3.05) is 37.6 Å². The summed E-state index contributed by atoms with van der Waals surface area (Å²) in [4.78, 5) is 34.1. The summed E-state index contributed by atoms with van der Waals surface area (Å²) in [5.74, 6) is -0.514. The number of carbonyl (C=O) groups is 2. The minimum atomic E-state index is -0.369. The summed E-state index contributed by atoms with van der Waals surface area (Å²) in [5, 5.41) is 6.10. The molecule has 0 spiro atoms. The maximum Gasteiger partial charge on any atom is 0.274 e. The summed E-state index contributed by atoms with van der Waals surface area (Å²) < 4.78 is 0. The molecule has 0 unspecified atom stereocenters. The Balaban J connectivity index is 1.45. The van der Waals surface area contributed by atoms with Crippen molar-refractivity contribution < 1.29 is 9.59 Å². The van der Waals surface area contributed by atoms with Crippen molar-refractivity contribution in [2.24, 2.45) is 5.10 Å². The van der Waals surface area contributed by atoms with Crippen molar-refractivity contribution in [3.8, 4) is 0 Å². The Morgan fingerprint density at radius 2 is 1.70 bits per heavy atom. The number of hydrazone groups is 1. The van der Waals surface area contributed by atoms with Gasteiger partial charge in [0.25, 0.3) is 5.91 Å². The third-order valence-corrected chi connectivity index (χ3v) is 5.63. The monoisotopic (exact) mass is 461 g/mol. The number of anilines is 1. The number of para-hydroxylation sites is 1. The number of rotatable bonds is 6. The molecule has 0 N–H and O–H groups in total. The number of nitrogens with zero attached hydrogens (tertiary/aromatic N) is 5. The molecule has 0 bridgehead atoms. The normalized spacial score (nSPS) is 13.8. The summed E-state index contributed by atoms with van der Waals surface area (Å²) in [7, 11) is 0. The summed E-state index contributed by atoms with van der Waals surface area (Å²) in [6, 6.07) is 20.5. The molecule has 1 saturated heterocycles. The SMILES string of the molecule is O=C(CN(/N=C/c1cccc(Cl)c1)C(=O)c1ccncc1)N1CCN(c2ccccc2)CC1. The van der Waals surface area contributed by atoms with Crippen LogP contribution in [-0.4, -0.2) is 65.6 Å². The number of benzene rings is 2. The third-order valence-electron chi connectivity index (χ3n) is 5.40. The van der Waals surface area contributed by atoms with E-state index in [2.05, 4.69) is 27.1 Å². The van der Waals surface area contributed by atoms with Crippen LogP contribution >= 0.6 is 11.6 Å². The Bertz CT molecular complexity index is 1120. The van der Waals surface area contributed by atoms with Gasteiger partial charge in [0.2, 0.25) is 5.91 Å². The second-order valence-corrected chi connectivity index (χ2v) is 8.04. The molecular weight excluding hydrogens is 438 g/mol. The van der Waals surface area contributed by atoms with Crippen molar-refractivity contribution in [1.82, 2.24) is 14.9 Å². The second kappa shape index (κ2) is 10.7. The molecule has 0 radical (unpaired) electrons. The van der Waals surface area contributed by atoms with Crippen LogP contribution < -0.4 is 4.90 Å². The first-order valence-electron chi connectivity index (χ1n) is 10.7. The van der Waals surface area contributed by atoms with Gasteiger partial charge in [-0.05, 0) is 42.0 Å². The lowest BCUT2D eigenvalue weighted by Crippen LogP contribution is -2.51. The van der Waals surface area contributed by atoms with E-state index in [1.54, 1.807) is 35.2 Å². The minimum Gasteiger partial charge on any atom is -0.368 e. The minimum absolute atomic E-state index is 0.145. The fourth-order valence-electron chi connectivity index (χ4n) is 3.61. The van der Waals surface area contributed by atoms with E-state index in [1.165, 1.54) is 23.6 Å². The van der Waals surface area contributed by atoms with Gasteiger partial charge in [-0.3, -0.25) is 14.6 Å². The van der Waals surface area contributed by atoms with Gasteiger partial charge in [-0.25, -0.2) is 5.01 Å². The van der Waals surface area contributed by atoms with Crippen LogP contribution in [0.25, 0.3) is 0 Å². The first-order chi connectivity index (χ1) is 16.1. The number of pyridine rings is 1. The van der Waals surface area contributed by atoms with Gasteiger partial charge in [-0.2, -0.15) is 5.10 Å². The van der Waals surface area contributed by atoms with Gasteiger partial charge < -0.3 is 9.80 Å². The van der Waals surface area contributed by atoms with Crippen molar-refractivity contribution in [3.05, 3.63) is 95.3 Å². The highest BCUT2D eigenvalue weighted by atomic mass is 35.5. The van der Waals surface area contributed by atoms with Gasteiger partial charge in [-0.15, -0.1) is 0 Å². The molecule has 4 rings (SSSR count). The van der Waals surface area contributed by atoms with Gasteiger partial charge >= 0.3 is 0 Å². The van der Waals surface area contributed by atoms with Crippen molar-refractivity contribution in [1.29, 1.82) is 0 Å². The Hall–Kier alpha value is -3.71. The first kappa shape index (κ1) is 22.5. The van der Waals surface area contributed by atoms with Crippen LogP contribution in [0.4, 0.5) is 5.69 Å². The zero-order valence-electron chi connectivity index (χ0n) is 18.0. The Morgan fingerprint density at radius 1 is 0.970 bits per heavy atom. The molecule has 2 amide bonds. The van der Waals surface area contributed by atoms with Gasteiger partial charge in [-0.1, -0.05) is 41.9 Å². The average molecular weight is 462 g/mol. The number of hydrogen-bond donors (Lipinski definition) is 0. The van der Waals surface area contributed by atoms with Crippen LogP contribution in [0.3, 0.4) is 0 Å². The zero-order chi connectivity index (χ0) is 23.0. The maximum atomic E-state index is 13.1. The van der Waals surface area contributed by atoms with E-state index in [9.17, 15) is 9.59 Å². The molecule has 1 aliphatic rings. The smallest absolute Gasteiger partial charge is 0.274 e. The molecule has 168 valence electrons. The van der Waals surface area contributed by atoms with E-state index in [0.29, 0.717) is 23.7 Å². The van der Waals surface area contributed by atoms with E-state index in [1.807, 2.05) is 24.3 Å². The van der Waals surface area contributed by atoms with Gasteiger partial charge in [0.05, 0.1) is 6.21 Å². The molecule has 0 aliphatic carbocycles. The van der Waals surface area contributed by atoms with Crippen molar-refractivity contribution in [2.45, 2.75) is 0 Å². The van der Waals surface area contributed by atoms with Crippen LogP contribution in [0.15, 0.2) is 84.2 Å². The fraction of sp³-hybridized carbons (Fsp3) is 0.200. The highest BCUT2D eigenvalue weighted by molar-refractivity contribution is 6.30. The molecule has 2 heterocycles. The molecule has 1 fully saturated rings. The summed E-state index contributed by atoms with van der Waals surface area (Å²) >= 11 is 6.05. The van der Waals surface area contributed by atoms with Crippen LogP contribution in [0, 0.1) is 0 Å². The molecule has 0 atom stereocenters. The lowest BCUT2D eigenvalue weighted by Gasteiger charge is -2.36. The lowest BCUT2D eigenvalue weighted by atomic mass is 10.2. The van der Waals surface area contributed by atoms with E-state index < -0.39 is 0 Å². The summed E-state index contributed by atoms with van der Waals surface area (Å²) in [6.45, 7) is 2.50. The van der Waals surface area contributed by atoms with Crippen molar-refractivity contribution in [3.63, 3.8) is 0 Å². The number of halogens is 1. The van der Waals surface area contributed by atoms with E-state index in [-0.39, 0.29) is 18.4 Å². The molecule has 7 nitrogen and oxygen atoms in total. The fourth-order valence-corrected chi connectivity index (χ4v) is 3.81. The molecular formula is C25H24ClN5O2. The molecule has 0 saturated carbocycles. The Morgan fingerprint density at radius 3 is 2.39 bits per heavy atom. The van der Waals surface area contributed by atoms with Crippen LogP contribution in [0.5, 0.6) is 0 Å². The van der Waals surface area contributed by atoms with Crippen LogP contribution in [0.2, 0.25) is 5.02 Å². The topological polar surface area (TPSA) is 69.1 Å². The van der Waals surface area contributed by atoms with E-state index >= 15 is 0 Å². The molecule has 1 aliphatic heterocycles. The predicted octanol–water partition coefficient (Wildman–Crippen LogP) is 3.56. The van der Waals surface area contributed by atoms with Crippen LogP contribution in [0.1, 0.15) is 15.9 Å². The Kier molecular flexibility index (Phi) is 7.32. The highest BCUT2D eigenvalue weighted by Gasteiger charge is 2.25. The van der Waals surface area contributed by atoms with Gasteiger partial charge in [0.1, 0.15) is 6.54 Å². The number of carbonyl (C=O) groups excluding carboxylic acids is 2. The largest absolute Gasteiger partial charge is 0.368 e. The lowest BCUT2D eigenvalue weighted by molar-refractivity contribution is -0.132. The number of amides is 2. The molecule has 2 aromatic carbocycles. The third kappa shape index (κ3) is 5.96. The second-order valence-electron chi connectivity index (χ2n) is 7.60. The van der Waals surface area contributed by atoms with Crippen LogP contribution in [-0.2, 0) is 4.79 Å². The quantitative estimate of drug-likeness (QED) is 0.416. The Labute approximate surface area is 197 Å².